The molecule has 1 unspecified atom stereocenters. The van der Waals surface area contributed by atoms with Crippen LogP contribution >= 0.6 is 0 Å². The molecule has 0 saturated carbocycles. The quantitative estimate of drug-likeness (QED) is 0.789. The second-order valence-electron chi connectivity index (χ2n) is 3.87. The van der Waals surface area contributed by atoms with Crippen molar-refractivity contribution in [2.24, 2.45) is 0 Å². The third kappa shape index (κ3) is 8.02. The molecule has 104 valence electrons. The molecule has 0 aliphatic rings. The van der Waals surface area contributed by atoms with Crippen molar-refractivity contribution in [1.29, 1.82) is 0 Å². The first-order valence-electron chi connectivity index (χ1n) is 6.80. The number of carbonyl (C=O) groups excluding carboxylic acids is 1. The number of hydrogen-bond acceptors (Lipinski definition) is 2. The van der Waals surface area contributed by atoms with Crippen molar-refractivity contribution in [2.45, 2.75) is 40.0 Å². The van der Waals surface area contributed by atoms with Gasteiger partial charge in [-0.25, -0.2) is 0 Å². The molecule has 0 N–H and O–H groups in total. The number of rotatable bonds is 5. The third-order valence-corrected chi connectivity index (χ3v) is 2.84. The fraction of sp³-hybridized carbons (Fsp3) is 0.562. The van der Waals surface area contributed by atoms with Crippen LogP contribution in [0.2, 0.25) is 0 Å². The van der Waals surface area contributed by atoms with E-state index in [2.05, 4.69) is 56.1 Å². The van der Waals surface area contributed by atoms with Crippen LogP contribution in [-0.4, -0.2) is 31.8 Å². The van der Waals surface area contributed by atoms with Gasteiger partial charge in [-0.15, -0.1) is 0 Å². The van der Waals surface area contributed by atoms with Gasteiger partial charge in [-0.3, -0.25) is 0 Å². The van der Waals surface area contributed by atoms with E-state index < -0.39 is 0 Å². The van der Waals surface area contributed by atoms with E-state index in [0.717, 1.165) is 13.1 Å². The van der Waals surface area contributed by atoms with Crippen molar-refractivity contribution in [3.8, 4) is 0 Å². The number of nitrogens with zero attached hydrogens (tertiary/aromatic N) is 1. The summed E-state index contributed by atoms with van der Waals surface area (Å²) in [5.74, 6) is 0.682. The van der Waals surface area contributed by atoms with E-state index in [1.165, 1.54) is 12.0 Å². The summed E-state index contributed by atoms with van der Waals surface area (Å²) in [7, 11) is 2.19. The predicted octanol–water partition coefficient (Wildman–Crippen LogP) is 3.97. The van der Waals surface area contributed by atoms with Gasteiger partial charge < -0.3 is 9.69 Å². The lowest BCUT2D eigenvalue weighted by atomic mass is 9.96. The van der Waals surface area contributed by atoms with Gasteiger partial charge in [0, 0.05) is 6.54 Å². The first kappa shape index (κ1) is 19.2. The normalized spacial score (nSPS) is 10.8. The number of benzene rings is 1. The third-order valence-electron chi connectivity index (χ3n) is 2.84. The zero-order chi connectivity index (χ0) is 14.4. The average molecular weight is 251 g/mol. The van der Waals surface area contributed by atoms with Crippen molar-refractivity contribution in [1.82, 2.24) is 4.90 Å². The molecule has 0 aliphatic heterocycles. The highest BCUT2D eigenvalue weighted by Gasteiger charge is 2.10. The zero-order valence-corrected chi connectivity index (χ0v) is 12.6. The van der Waals surface area contributed by atoms with Crippen LogP contribution in [0.1, 0.15) is 45.6 Å². The van der Waals surface area contributed by atoms with Crippen molar-refractivity contribution in [3.63, 3.8) is 0 Å². The summed E-state index contributed by atoms with van der Waals surface area (Å²) in [5, 5.41) is 0. The molecule has 0 aromatic heterocycles. The Hall–Kier alpha value is -1.15. The largest absolute Gasteiger partial charge is 0.307 e. The molecule has 18 heavy (non-hydrogen) atoms. The maximum Gasteiger partial charge on any atom is 0.106 e. The van der Waals surface area contributed by atoms with Crippen molar-refractivity contribution in [3.05, 3.63) is 35.9 Å². The Morgan fingerprint density at radius 2 is 1.61 bits per heavy atom. The van der Waals surface area contributed by atoms with Crippen LogP contribution in [0.4, 0.5) is 0 Å². The van der Waals surface area contributed by atoms with Gasteiger partial charge in [0.1, 0.15) is 6.79 Å². The molecule has 0 radical (unpaired) electrons. The lowest BCUT2D eigenvalue weighted by molar-refractivity contribution is -0.0979. The molecule has 0 saturated heterocycles. The molecule has 2 heteroatoms. The number of likely N-dealkylation sites (N-methyl/N-ethyl adjacent to an activating group) is 1. The van der Waals surface area contributed by atoms with E-state index in [1.54, 1.807) is 0 Å². The maximum atomic E-state index is 8.00. The Balaban J connectivity index is 0. The molecule has 0 bridgehead atoms. The van der Waals surface area contributed by atoms with Crippen LogP contribution < -0.4 is 0 Å². The maximum absolute atomic E-state index is 8.00. The van der Waals surface area contributed by atoms with Crippen molar-refractivity contribution in [2.75, 3.05) is 20.1 Å². The number of carbonyl (C=O) groups is 1. The highest BCUT2D eigenvalue weighted by Crippen LogP contribution is 2.19. The van der Waals surface area contributed by atoms with Gasteiger partial charge in [-0.05, 0) is 31.5 Å². The van der Waals surface area contributed by atoms with Crippen molar-refractivity contribution >= 4 is 6.79 Å². The molecule has 0 amide bonds. The molecule has 0 heterocycles. The Kier molecular flexibility index (Phi) is 14.8. The molecule has 1 atom stereocenters. The molecule has 1 rings (SSSR count). The second-order valence-corrected chi connectivity index (χ2v) is 3.87. The van der Waals surface area contributed by atoms with E-state index >= 15 is 0 Å². The molecular weight excluding hydrogens is 222 g/mol. The van der Waals surface area contributed by atoms with E-state index in [0.29, 0.717) is 5.92 Å². The Morgan fingerprint density at radius 1 is 1.11 bits per heavy atom. The van der Waals surface area contributed by atoms with Gasteiger partial charge in [0.05, 0.1) is 0 Å². The van der Waals surface area contributed by atoms with Gasteiger partial charge >= 0.3 is 0 Å². The summed E-state index contributed by atoms with van der Waals surface area (Å²) >= 11 is 0. The Bertz CT molecular complexity index is 261. The van der Waals surface area contributed by atoms with E-state index in [4.69, 9.17) is 4.79 Å². The molecule has 0 aliphatic carbocycles. The number of hydrogen-bond donors (Lipinski definition) is 0. The first-order chi connectivity index (χ1) is 8.77. The van der Waals surface area contributed by atoms with Crippen LogP contribution in [-0.2, 0) is 4.79 Å². The van der Waals surface area contributed by atoms with Gasteiger partial charge in [0.25, 0.3) is 0 Å². The molecule has 0 fully saturated rings. The lowest BCUT2D eigenvalue weighted by Crippen LogP contribution is -2.24. The van der Waals surface area contributed by atoms with Gasteiger partial charge in [0.2, 0.25) is 0 Å². The second kappa shape index (κ2) is 13.9. The lowest BCUT2D eigenvalue weighted by Gasteiger charge is -2.22. The SMILES string of the molecule is C=O.CC.CCC(CN(C)CC)c1ccccc1. The van der Waals surface area contributed by atoms with Crippen LogP contribution in [0.15, 0.2) is 30.3 Å². The minimum absolute atomic E-state index is 0.682. The van der Waals surface area contributed by atoms with Crippen LogP contribution in [0.5, 0.6) is 0 Å². The van der Waals surface area contributed by atoms with Crippen LogP contribution in [0.3, 0.4) is 0 Å². The van der Waals surface area contributed by atoms with Gasteiger partial charge in [-0.2, -0.15) is 0 Å². The average Bonchev–Trinajstić information content (AvgIpc) is 2.49. The highest BCUT2D eigenvalue weighted by atomic mass is 16.1. The first-order valence-corrected chi connectivity index (χ1v) is 6.80. The van der Waals surface area contributed by atoms with Gasteiger partial charge in [-0.1, -0.05) is 58.0 Å². The monoisotopic (exact) mass is 251 g/mol. The van der Waals surface area contributed by atoms with Crippen molar-refractivity contribution < 1.29 is 4.79 Å². The molecule has 1 aromatic carbocycles. The topological polar surface area (TPSA) is 20.3 Å². The molecule has 1 aromatic rings. The molecule has 0 spiro atoms. The summed E-state index contributed by atoms with van der Waals surface area (Å²) in [6.45, 7) is 12.8. The minimum atomic E-state index is 0.682. The smallest absolute Gasteiger partial charge is 0.106 e. The summed E-state index contributed by atoms with van der Waals surface area (Å²) < 4.78 is 0. The fourth-order valence-electron chi connectivity index (χ4n) is 1.70. The highest BCUT2D eigenvalue weighted by molar-refractivity contribution is 5.19. The van der Waals surface area contributed by atoms with E-state index in [9.17, 15) is 0 Å². The fourth-order valence-corrected chi connectivity index (χ4v) is 1.70. The van der Waals surface area contributed by atoms with E-state index in [-0.39, 0.29) is 0 Å². The zero-order valence-electron chi connectivity index (χ0n) is 12.6. The van der Waals surface area contributed by atoms with Crippen LogP contribution in [0.25, 0.3) is 0 Å². The summed E-state index contributed by atoms with van der Waals surface area (Å²) in [4.78, 5) is 10.4. The predicted molar refractivity (Wildman–Crippen MR) is 81.1 cm³/mol. The standard InChI is InChI=1S/C13H21N.C2H6.CH2O/c1-4-12(11-14(3)5-2)13-9-7-6-8-10-13;2*1-2/h6-10,12H,4-5,11H2,1-3H3;1-2H3;1H2. The molecule has 2 nitrogen and oxygen atoms in total. The molecular formula is C16H29NO. The van der Waals surface area contributed by atoms with E-state index in [1.807, 2.05) is 20.6 Å². The summed E-state index contributed by atoms with van der Waals surface area (Å²) in [5.41, 5.74) is 1.47. The Labute approximate surface area is 113 Å². The van der Waals surface area contributed by atoms with Gasteiger partial charge in [0.15, 0.2) is 0 Å². The summed E-state index contributed by atoms with van der Waals surface area (Å²) in [6.07, 6.45) is 1.22. The van der Waals surface area contributed by atoms with Crippen LogP contribution in [0, 0.1) is 0 Å². The minimum Gasteiger partial charge on any atom is -0.307 e. The Morgan fingerprint density at radius 3 is 2.00 bits per heavy atom. The summed E-state index contributed by atoms with van der Waals surface area (Å²) in [6, 6.07) is 10.8.